The summed E-state index contributed by atoms with van der Waals surface area (Å²) in [6.45, 7) is 0.472. The van der Waals surface area contributed by atoms with Gasteiger partial charge in [-0.25, -0.2) is 4.39 Å². The van der Waals surface area contributed by atoms with Crippen molar-refractivity contribution in [1.82, 2.24) is 5.32 Å². The van der Waals surface area contributed by atoms with Gasteiger partial charge in [-0.15, -0.1) is 0 Å². The van der Waals surface area contributed by atoms with Crippen molar-refractivity contribution >= 4 is 37.8 Å². The van der Waals surface area contributed by atoms with Gasteiger partial charge in [0, 0.05) is 16.3 Å². The zero-order valence-corrected chi connectivity index (χ0v) is 10.4. The fourth-order valence-corrected chi connectivity index (χ4v) is 1.68. The summed E-state index contributed by atoms with van der Waals surface area (Å²) < 4.78 is 13.7. The summed E-state index contributed by atoms with van der Waals surface area (Å²) in [4.78, 5) is 11.4. The fourth-order valence-electron chi connectivity index (χ4n) is 0.964. The van der Waals surface area contributed by atoms with E-state index in [1.165, 1.54) is 6.07 Å². The maximum absolute atomic E-state index is 13.2. The number of nitrogens with one attached hydrogen (secondary N) is 1. The van der Waals surface area contributed by atoms with E-state index in [4.69, 9.17) is 0 Å². The third-order valence-electron chi connectivity index (χ3n) is 1.57. The topological polar surface area (TPSA) is 29.1 Å². The second-order valence-electron chi connectivity index (χ2n) is 2.54. The Labute approximate surface area is 98.1 Å². The van der Waals surface area contributed by atoms with Crippen molar-refractivity contribution < 1.29 is 9.18 Å². The zero-order chi connectivity index (χ0) is 10.6. The highest BCUT2D eigenvalue weighted by Gasteiger charge is 2.14. The number of carbonyl (C=O) groups is 1. The van der Waals surface area contributed by atoms with E-state index in [1.807, 2.05) is 0 Å². The van der Waals surface area contributed by atoms with Crippen LogP contribution >= 0.6 is 31.9 Å². The number of carbonyl (C=O) groups excluding carboxylic acids is 1. The second-order valence-corrected chi connectivity index (χ2v) is 4.19. The van der Waals surface area contributed by atoms with E-state index in [1.54, 1.807) is 12.1 Å². The lowest BCUT2D eigenvalue weighted by molar-refractivity contribution is 0.0951. The standard InChI is InChI=1S/C9H8Br2FNO/c10-4-5-13-9(14)8-6(11)2-1-3-7(8)12/h1-3H,4-5H2,(H,13,14). The van der Waals surface area contributed by atoms with E-state index in [0.29, 0.717) is 16.3 Å². The molecule has 76 valence electrons. The maximum Gasteiger partial charge on any atom is 0.255 e. The van der Waals surface area contributed by atoms with Crippen LogP contribution in [0.5, 0.6) is 0 Å². The molecule has 1 aromatic carbocycles. The van der Waals surface area contributed by atoms with Crippen molar-refractivity contribution in [1.29, 1.82) is 0 Å². The largest absolute Gasteiger partial charge is 0.351 e. The van der Waals surface area contributed by atoms with Crippen molar-refractivity contribution in [2.75, 3.05) is 11.9 Å². The Hall–Kier alpha value is -0.420. The number of hydrogen-bond donors (Lipinski definition) is 1. The first kappa shape index (κ1) is 11.7. The zero-order valence-electron chi connectivity index (χ0n) is 7.19. The summed E-state index contributed by atoms with van der Waals surface area (Å²) in [6, 6.07) is 4.43. The van der Waals surface area contributed by atoms with Gasteiger partial charge in [0.1, 0.15) is 5.82 Å². The third-order valence-corrected chi connectivity index (χ3v) is 2.63. The van der Waals surface area contributed by atoms with Crippen LogP contribution in [0.4, 0.5) is 4.39 Å². The minimum atomic E-state index is -0.522. The predicted octanol–water partition coefficient (Wildman–Crippen LogP) is 2.71. The molecular formula is C9H8Br2FNO. The van der Waals surface area contributed by atoms with Crippen LogP contribution in [-0.4, -0.2) is 17.8 Å². The van der Waals surface area contributed by atoms with Crippen LogP contribution in [0.3, 0.4) is 0 Å². The van der Waals surface area contributed by atoms with Gasteiger partial charge in [0.25, 0.3) is 5.91 Å². The summed E-state index contributed by atoms with van der Waals surface area (Å²) in [7, 11) is 0. The second kappa shape index (κ2) is 5.46. The lowest BCUT2D eigenvalue weighted by atomic mass is 10.2. The minimum Gasteiger partial charge on any atom is -0.351 e. The molecular weight excluding hydrogens is 317 g/mol. The molecule has 0 aliphatic carbocycles. The molecule has 1 rings (SSSR count). The van der Waals surface area contributed by atoms with Crippen molar-refractivity contribution in [3.63, 3.8) is 0 Å². The van der Waals surface area contributed by atoms with Crippen LogP contribution in [0.15, 0.2) is 22.7 Å². The van der Waals surface area contributed by atoms with Gasteiger partial charge in [-0.2, -0.15) is 0 Å². The van der Waals surface area contributed by atoms with Crippen LogP contribution in [-0.2, 0) is 0 Å². The van der Waals surface area contributed by atoms with Crippen LogP contribution < -0.4 is 5.32 Å². The number of halogens is 3. The molecule has 1 amide bonds. The van der Waals surface area contributed by atoms with Gasteiger partial charge in [-0.3, -0.25) is 4.79 Å². The lowest BCUT2D eigenvalue weighted by Gasteiger charge is -2.05. The molecule has 0 aliphatic heterocycles. The first-order valence-electron chi connectivity index (χ1n) is 3.95. The lowest BCUT2D eigenvalue weighted by Crippen LogP contribution is -2.26. The van der Waals surface area contributed by atoms with Gasteiger partial charge >= 0.3 is 0 Å². The van der Waals surface area contributed by atoms with Gasteiger partial charge < -0.3 is 5.32 Å². The summed E-state index contributed by atoms with van der Waals surface area (Å²) in [5, 5.41) is 3.22. The number of alkyl halides is 1. The summed E-state index contributed by atoms with van der Waals surface area (Å²) in [5.74, 6) is -0.930. The van der Waals surface area contributed by atoms with Crippen molar-refractivity contribution in [2.24, 2.45) is 0 Å². The third kappa shape index (κ3) is 2.78. The molecule has 0 spiro atoms. The molecule has 0 radical (unpaired) electrons. The molecule has 5 heteroatoms. The molecule has 0 saturated heterocycles. The van der Waals surface area contributed by atoms with Crippen LogP contribution in [0, 0.1) is 5.82 Å². The van der Waals surface area contributed by atoms with Gasteiger partial charge in [0.2, 0.25) is 0 Å². The Morgan fingerprint density at radius 1 is 1.50 bits per heavy atom. The van der Waals surface area contributed by atoms with E-state index in [-0.39, 0.29) is 5.56 Å². The Morgan fingerprint density at radius 2 is 2.21 bits per heavy atom. The Bertz CT molecular complexity index is 323. The minimum absolute atomic E-state index is 0.0495. The van der Waals surface area contributed by atoms with E-state index >= 15 is 0 Å². The van der Waals surface area contributed by atoms with E-state index < -0.39 is 11.7 Å². The highest BCUT2D eigenvalue weighted by atomic mass is 79.9. The van der Waals surface area contributed by atoms with Gasteiger partial charge in [0.05, 0.1) is 5.56 Å². The molecule has 0 bridgehead atoms. The average Bonchev–Trinajstić information content (AvgIpc) is 2.14. The fraction of sp³-hybridized carbons (Fsp3) is 0.222. The first-order valence-corrected chi connectivity index (χ1v) is 5.86. The van der Waals surface area contributed by atoms with Crippen molar-refractivity contribution in [2.45, 2.75) is 0 Å². The summed E-state index contributed by atoms with van der Waals surface area (Å²) in [5.41, 5.74) is 0.0495. The Morgan fingerprint density at radius 3 is 2.79 bits per heavy atom. The molecule has 14 heavy (non-hydrogen) atoms. The van der Waals surface area contributed by atoms with Crippen LogP contribution in [0.25, 0.3) is 0 Å². The molecule has 1 aromatic rings. The molecule has 0 unspecified atom stereocenters. The normalized spacial score (nSPS) is 9.93. The molecule has 0 saturated carbocycles. The molecule has 1 N–H and O–H groups in total. The van der Waals surface area contributed by atoms with Gasteiger partial charge in [0.15, 0.2) is 0 Å². The van der Waals surface area contributed by atoms with Crippen LogP contribution in [0.2, 0.25) is 0 Å². The SMILES string of the molecule is O=C(NCCBr)c1c(F)cccc1Br. The molecule has 0 fully saturated rings. The Balaban J connectivity index is 2.89. The molecule has 0 atom stereocenters. The monoisotopic (exact) mass is 323 g/mol. The quantitative estimate of drug-likeness (QED) is 0.851. The van der Waals surface area contributed by atoms with E-state index in [0.717, 1.165) is 0 Å². The van der Waals surface area contributed by atoms with Crippen LogP contribution in [0.1, 0.15) is 10.4 Å². The van der Waals surface area contributed by atoms with Crippen molar-refractivity contribution in [3.05, 3.63) is 34.1 Å². The molecule has 0 aromatic heterocycles. The smallest absolute Gasteiger partial charge is 0.255 e. The Kier molecular flexibility index (Phi) is 4.54. The molecule has 0 heterocycles. The van der Waals surface area contributed by atoms with Crippen molar-refractivity contribution in [3.8, 4) is 0 Å². The maximum atomic E-state index is 13.2. The highest BCUT2D eigenvalue weighted by Crippen LogP contribution is 2.19. The number of rotatable bonds is 3. The predicted molar refractivity (Wildman–Crippen MR) is 60.2 cm³/mol. The number of benzene rings is 1. The first-order chi connectivity index (χ1) is 6.66. The van der Waals surface area contributed by atoms with Gasteiger partial charge in [-0.1, -0.05) is 22.0 Å². The average molecular weight is 325 g/mol. The summed E-state index contributed by atoms with van der Waals surface area (Å²) in [6.07, 6.45) is 0. The van der Waals surface area contributed by atoms with E-state index in [9.17, 15) is 9.18 Å². The molecule has 2 nitrogen and oxygen atoms in total. The number of amides is 1. The van der Waals surface area contributed by atoms with E-state index in [2.05, 4.69) is 37.2 Å². The number of hydrogen-bond acceptors (Lipinski definition) is 1. The highest BCUT2D eigenvalue weighted by molar-refractivity contribution is 9.10. The summed E-state index contributed by atoms with van der Waals surface area (Å²) >= 11 is 6.29. The molecule has 0 aliphatic rings. The van der Waals surface area contributed by atoms with Gasteiger partial charge in [-0.05, 0) is 28.1 Å².